The molecule has 1 saturated heterocycles. The molecule has 1 saturated carbocycles. The average Bonchev–Trinajstić information content (AvgIpc) is 2.47. The third-order valence-corrected chi connectivity index (χ3v) is 4.38. The van der Waals surface area contributed by atoms with Crippen molar-refractivity contribution in [1.82, 2.24) is 9.97 Å². The molecule has 0 amide bonds. The molecule has 2 fully saturated rings. The number of hydrogen-bond acceptors (Lipinski definition) is 4. The van der Waals surface area contributed by atoms with Crippen molar-refractivity contribution >= 4 is 11.8 Å². The number of rotatable bonds is 2. The minimum absolute atomic E-state index is 0.0374. The van der Waals surface area contributed by atoms with Crippen molar-refractivity contribution in [2.24, 2.45) is 5.92 Å². The Bertz CT molecular complexity index is 476. The SMILES string of the molecule is O=C(O)c1cncc(N2CCC[C@H]3CCCC[C@H]32)n1. The van der Waals surface area contributed by atoms with Gasteiger partial charge < -0.3 is 10.0 Å². The van der Waals surface area contributed by atoms with Gasteiger partial charge in [-0.2, -0.15) is 0 Å². The van der Waals surface area contributed by atoms with Crippen molar-refractivity contribution < 1.29 is 9.90 Å². The lowest BCUT2D eigenvalue weighted by molar-refractivity contribution is 0.0690. The smallest absolute Gasteiger partial charge is 0.356 e. The first kappa shape index (κ1) is 12.4. The van der Waals surface area contributed by atoms with Crippen LogP contribution in [0.3, 0.4) is 0 Å². The van der Waals surface area contributed by atoms with Gasteiger partial charge in [0, 0.05) is 12.6 Å². The number of hydrogen-bond donors (Lipinski definition) is 1. The van der Waals surface area contributed by atoms with Gasteiger partial charge in [0.25, 0.3) is 0 Å². The predicted molar refractivity (Wildman–Crippen MR) is 71.3 cm³/mol. The van der Waals surface area contributed by atoms with Gasteiger partial charge >= 0.3 is 5.97 Å². The molecule has 0 aromatic carbocycles. The van der Waals surface area contributed by atoms with Crippen LogP contribution in [0, 0.1) is 5.92 Å². The van der Waals surface area contributed by atoms with E-state index in [4.69, 9.17) is 5.11 Å². The van der Waals surface area contributed by atoms with Gasteiger partial charge in [-0.25, -0.2) is 9.78 Å². The van der Waals surface area contributed by atoms with E-state index < -0.39 is 5.97 Å². The maximum Gasteiger partial charge on any atom is 0.356 e. The number of carboxylic acids is 1. The molecule has 0 bridgehead atoms. The van der Waals surface area contributed by atoms with Gasteiger partial charge in [0.05, 0.1) is 12.4 Å². The van der Waals surface area contributed by atoms with Gasteiger partial charge in [-0.1, -0.05) is 12.8 Å². The van der Waals surface area contributed by atoms with Crippen LogP contribution in [0.5, 0.6) is 0 Å². The molecule has 2 atom stereocenters. The zero-order valence-electron chi connectivity index (χ0n) is 11.0. The van der Waals surface area contributed by atoms with Crippen LogP contribution in [0.15, 0.2) is 12.4 Å². The van der Waals surface area contributed by atoms with Gasteiger partial charge in [0.15, 0.2) is 5.69 Å². The third kappa shape index (κ3) is 2.41. The quantitative estimate of drug-likeness (QED) is 0.885. The summed E-state index contributed by atoms with van der Waals surface area (Å²) in [5.41, 5.74) is 0.0374. The molecule has 1 aromatic heterocycles. The van der Waals surface area contributed by atoms with E-state index >= 15 is 0 Å². The van der Waals surface area contributed by atoms with Crippen molar-refractivity contribution in [3.8, 4) is 0 Å². The van der Waals surface area contributed by atoms with Crippen LogP contribution in [0.4, 0.5) is 5.82 Å². The summed E-state index contributed by atoms with van der Waals surface area (Å²) in [6.07, 6.45) is 10.6. The Morgan fingerprint density at radius 2 is 2.00 bits per heavy atom. The van der Waals surface area contributed by atoms with Crippen LogP contribution in [0.2, 0.25) is 0 Å². The van der Waals surface area contributed by atoms with Crippen molar-refractivity contribution in [3.05, 3.63) is 18.1 Å². The molecule has 3 rings (SSSR count). The minimum atomic E-state index is -1.01. The number of aromatic carboxylic acids is 1. The number of anilines is 1. The highest BCUT2D eigenvalue weighted by molar-refractivity contribution is 5.85. The van der Waals surface area contributed by atoms with E-state index in [9.17, 15) is 4.79 Å². The molecule has 1 N–H and O–H groups in total. The zero-order valence-corrected chi connectivity index (χ0v) is 11.0. The second kappa shape index (κ2) is 5.15. The second-order valence-corrected chi connectivity index (χ2v) is 5.52. The van der Waals surface area contributed by atoms with E-state index in [2.05, 4.69) is 14.9 Å². The summed E-state index contributed by atoms with van der Waals surface area (Å²) in [5, 5.41) is 9.02. The second-order valence-electron chi connectivity index (χ2n) is 5.52. The van der Waals surface area contributed by atoms with Gasteiger partial charge in [-0.05, 0) is 31.6 Å². The predicted octanol–water partition coefficient (Wildman–Crippen LogP) is 2.33. The van der Waals surface area contributed by atoms with Gasteiger partial charge in [0.2, 0.25) is 0 Å². The normalized spacial score (nSPS) is 26.8. The molecule has 1 aromatic rings. The molecular weight excluding hydrogens is 242 g/mol. The van der Waals surface area contributed by atoms with Gasteiger partial charge in [-0.15, -0.1) is 0 Å². The zero-order chi connectivity index (χ0) is 13.2. The fourth-order valence-corrected chi connectivity index (χ4v) is 3.51. The molecule has 2 aliphatic rings. The van der Waals surface area contributed by atoms with E-state index in [0.29, 0.717) is 6.04 Å². The van der Waals surface area contributed by atoms with E-state index in [1.165, 1.54) is 44.7 Å². The van der Waals surface area contributed by atoms with Gasteiger partial charge in [0.1, 0.15) is 5.82 Å². The fraction of sp³-hybridized carbons (Fsp3) is 0.643. The monoisotopic (exact) mass is 261 g/mol. The highest BCUT2D eigenvalue weighted by Crippen LogP contribution is 2.36. The topological polar surface area (TPSA) is 66.3 Å². The summed E-state index contributed by atoms with van der Waals surface area (Å²) in [6.45, 7) is 0.971. The van der Waals surface area contributed by atoms with E-state index in [1.807, 2.05) is 0 Å². The lowest BCUT2D eigenvalue weighted by Crippen LogP contribution is -2.47. The largest absolute Gasteiger partial charge is 0.476 e. The highest BCUT2D eigenvalue weighted by Gasteiger charge is 2.34. The number of aromatic nitrogens is 2. The summed E-state index contributed by atoms with van der Waals surface area (Å²) >= 11 is 0. The summed E-state index contributed by atoms with van der Waals surface area (Å²) in [4.78, 5) is 21.6. The Hall–Kier alpha value is -1.65. The summed E-state index contributed by atoms with van der Waals surface area (Å²) in [5.74, 6) is 0.473. The van der Waals surface area contributed by atoms with Crippen LogP contribution < -0.4 is 4.90 Å². The lowest BCUT2D eigenvalue weighted by atomic mass is 9.78. The number of piperidine rings is 1. The molecule has 0 radical (unpaired) electrons. The van der Waals surface area contributed by atoms with Crippen molar-refractivity contribution in [3.63, 3.8) is 0 Å². The highest BCUT2D eigenvalue weighted by atomic mass is 16.4. The first-order valence-corrected chi connectivity index (χ1v) is 7.07. The van der Waals surface area contributed by atoms with Crippen molar-refractivity contribution in [2.45, 2.75) is 44.6 Å². The summed E-state index contributed by atoms with van der Waals surface area (Å²) in [7, 11) is 0. The summed E-state index contributed by atoms with van der Waals surface area (Å²) in [6, 6.07) is 0.529. The fourth-order valence-electron chi connectivity index (χ4n) is 3.51. The molecule has 0 unspecified atom stereocenters. The van der Waals surface area contributed by atoms with E-state index in [0.717, 1.165) is 18.3 Å². The first-order valence-electron chi connectivity index (χ1n) is 7.07. The third-order valence-electron chi connectivity index (χ3n) is 4.38. The molecule has 1 aliphatic carbocycles. The lowest BCUT2D eigenvalue weighted by Gasteiger charge is -2.44. The van der Waals surface area contributed by atoms with E-state index in [-0.39, 0.29) is 5.69 Å². The molecule has 5 nitrogen and oxygen atoms in total. The number of carboxylic acid groups (broad SMARTS) is 1. The number of fused-ring (bicyclic) bond motifs is 1. The Morgan fingerprint density at radius 3 is 2.84 bits per heavy atom. The Morgan fingerprint density at radius 1 is 1.21 bits per heavy atom. The van der Waals surface area contributed by atoms with Crippen molar-refractivity contribution in [2.75, 3.05) is 11.4 Å². The van der Waals surface area contributed by atoms with Crippen LogP contribution in [0.25, 0.3) is 0 Å². The molecule has 19 heavy (non-hydrogen) atoms. The molecule has 102 valence electrons. The standard InChI is InChI=1S/C14H19N3O2/c18-14(19)11-8-15-9-13(16-11)17-7-3-5-10-4-1-2-6-12(10)17/h8-10,12H,1-7H2,(H,18,19)/t10-,12-/m1/s1. The molecular formula is C14H19N3O2. The Labute approximate surface area is 112 Å². The summed E-state index contributed by atoms with van der Waals surface area (Å²) < 4.78 is 0. The van der Waals surface area contributed by atoms with Crippen LogP contribution >= 0.6 is 0 Å². The molecule has 2 heterocycles. The molecule has 0 spiro atoms. The van der Waals surface area contributed by atoms with E-state index in [1.54, 1.807) is 6.20 Å². The first-order chi connectivity index (χ1) is 9.25. The Balaban J connectivity index is 1.87. The Kier molecular flexibility index (Phi) is 3.36. The maximum atomic E-state index is 11.0. The van der Waals surface area contributed by atoms with Crippen LogP contribution in [0.1, 0.15) is 49.0 Å². The minimum Gasteiger partial charge on any atom is -0.476 e. The van der Waals surface area contributed by atoms with Crippen LogP contribution in [-0.4, -0.2) is 33.6 Å². The number of nitrogens with zero attached hydrogens (tertiary/aromatic N) is 3. The molecule has 1 aliphatic heterocycles. The average molecular weight is 261 g/mol. The maximum absolute atomic E-state index is 11.0. The van der Waals surface area contributed by atoms with Crippen molar-refractivity contribution in [1.29, 1.82) is 0 Å². The van der Waals surface area contributed by atoms with Gasteiger partial charge in [-0.3, -0.25) is 4.98 Å². The number of carbonyl (C=O) groups is 1. The molecule has 5 heteroatoms. The van der Waals surface area contributed by atoms with Crippen LogP contribution in [-0.2, 0) is 0 Å².